The van der Waals surface area contributed by atoms with Gasteiger partial charge in [0.05, 0.1) is 24.2 Å². The molecule has 0 spiro atoms. The lowest BCUT2D eigenvalue weighted by atomic mass is 9.33. The minimum atomic E-state index is -4.59. The summed E-state index contributed by atoms with van der Waals surface area (Å²) in [5.41, 5.74) is 1.49. The maximum absolute atomic E-state index is 13.0. The molecule has 34 heavy (non-hydrogen) atoms. The van der Waals surface area contributed by atoms with E-state index in [0.29, 0.717) is 35.6 Å². The van der Waals surface area contributed by atoms with Gasteiger partial charge in [-0.15, -0.1) is 13.2 Å². The number of aromatic nitrogens is 2. The predicted molar refractivity (Wildman–Crippen MR) is 114 cm³/mol. The van der Waals surface area contributed by atoms with Crippen molar-refractivity contribution in [1.29, 1.82) is 0 Å². The molecule has 0 unspecified atom stereocenters. The molecule has 0 saturated heterocycles. The summed E-state index contributed by atoms with van der Waals surface area (Å²) in [6.45, 7) is 0. The number of alkyl halides is 3. The van der Waals surface area contributed by atoms with E-state index in [1.54, 1.807) is 24.5 Å². The van der Waals surface area contributed by atoms with Crippen LogP contribution in [0.3, 0.4) is 0 Å². The normalized spacial score (nSPS) is 35.9. The molecule has 2 heterocycles. The number of fused-ring (bicyclic) bond motifs is 1. The van der Waals surface area contributed by atoms with Crippen molar-refractivity contribution in [3.8, 4) is 5.75 Å². The Hall–Kier alpha value is -2.10. The van der Waals surface area contributed by atoms with E-state index in [2.05, 4.69) is 9.72 Å². The van der Waals surface area contributed by atoms with Gasteiger partial charge in [0.15, 0.2) is 11.9 Å². The summed E-state index contributed by atoms with van der Waals surface area (Å²) in [5, 5.41) is 11.0. The van der Waals surface area contributed by atoms with Crippen LogP contribution in [0.4, 0.5) is 13.2 Å². The van der Waals surface area contributed by atoms with Crippen LogP contribution in [-0.4, -0.2) is 39.0 Å². The van der Waals surface area contributed by atoms with Gasteiger partial charge in [-0.25, -0.2) is 4.98 Å². The molecule has 0 radical (unpaired) electrons. The molecule has 1 N–H and O–H groups in total. The monoisotopic (exact) mass is 496 g/mol. The summed E-state index contributed by atoms with van der Waals surface area (Å²) < 4.78 is 48.8. The van der Waals surface area contributed by atoms with Crippen LogP contribution in [0.15, 0.2) is 30.7 Å². The molecule has 6 nitrogen and oxygen atoms in total. The molecule has 0 amide bonds. The average molecular weight is 497 g/mol. The number of imidazole rings is 1. The van der Waals surface area contributed by atoms with Gasteiger partial charge in [-0.1, -0.05) is 11.6 Å². The molecule has 182 valence electrons. The molecule has 4 fully saturated rings. The Kier molecular flexibility index (Phi) is 4.90. The summed E-state index contributed by atoms with van der Waals surface area (Å²) in [4.78, 5) is 17.5. The number of Topliss-reactive ketones (excluding diaryl/α,β-unsaturated/α-hetero) is 1. The van der Waals surface area contributed by atoms with Gasteiger partial charge < -0.3 is 14.4 Å². The van der Waals surface area contributed by atoms with Crippen molar-refractivity contribution in [3.05, 3.63) is 47.0 Å². The summed E-state index contributed by atoms with van der Waals surface area (Å²) in [7, 11) is 0. The number of nitrogens with zero attached hydrogens (tertiary/aromatic N) is 2. The molecular weight excluding hydrogens is 473 g/mol. The maximum Gasteiger partial charge on any atom is 0.522 e. The van der Waals surface area contributed by atoms with Gasteiger partial charge in [-0.05, 0) is 55.7 Å². The van der Waals surface area contributed by atoms with Gasteiger partial charge in [0.2, 0.25) is 0 Å². The number of ketones is 1. The number of hydrogen-bond donors (Lipinski definition) is 1. The highest BCUT2D eigenvalue weighted by Crippen LogP contribution is 2.75. The first-order valence-electron chi connectivity index (χ1n) is 11.5. The highest BCUT2D eigenvalue weighted by atomic mass is 35.5. The van der Waals surface area contributed by atoms with Gasteiger partial charge in [0.1, 0.15) is 5.75 Å². The first-order valence-corrected chi connectivity index (χ1v) is 11.9. The van der Waals surface area contributed by atoms with Gasteiger partial charge >= 0.3 is 6.36 Å². The molecule has 2 bridgehead atoms. The van der Waals surface area contributed by atoms with Crippen molar-refractivity contribution >= 4 is 17.4 Å². The Morgan fingerprint density at radius 3 is 2.71 bits per heavy atom. The number of rotatable bonds is 6. The zero-order chi connectivity index (χ0) is 23.9. The summed E-state index contributed by atoms with van der Waals surface area (Å²) in [5.74, 6) is 0.503. The molecule has 2 aromatic rings. The molecule has 10 heteroatoms. The Bertz CT molecular complexity index is 1120. The van der Waals surface area contributed by atoms with Crippen molar-refractivity contribution in [2.75, 3.05) is 0 Å². The fourth-order valence-electron chi connectivity index (χ4n) is 6.43. The third-order valence-corrected chi connectivity index (χ3v) is 8.26. The van der Waals surface area contributed by atoms with Gasteiger partial charge in [0, 0.05) is 41.1 Å². The van der Waals surface area contributed by atoms with E-state index in [0.717, 1.165) is 25.0 Å². The zero-order valence-corrected chi connectivity index (χ0v) is 19.0. The van der Waals surface area contributed by atoms with E-state index in [4.69, 9.17) is 16.3 Å². The minimum absolute atomic E-state index is 0.00338. The highest BCUT2D eigenvalue weighted by molar-refractivity contribution is 6.30. The number of aliphatic hydroxyl groups is 1. The van der Waals surface area contributed by atoms with E-state index in [1.165, 1.54) is 0 Å². The van der Waals surface area contributed by atoms with Crippen LogP contribution >= 0.6 is 11.6 Å². The first-order chi connectivity index (χ1) is 16.0. The molecule has 2 atom stereocenters. The summed E-state index contributed by atoms with van der Waals surface area (Å²) in [6.07, 6.45) is 0.698. The van der Waals surface area contributed by atoms with Crippen LogP contribution in [0.2, 0.25) is 5.02 Å². The molecule has 5 aliphatic rings. The smallest absolute Gasteiger partial charge is 0.482 e. The van der Waals surface area contributed by atoms with Crippen molar-refractivity contribution in [3.63, 3.8) is 0 Å². The quantitative estimate of drug-likeness (QED) is 0.606. The number of halogens is 4. The van der Waals surface area contributed by atoms with Gasteiger partial charge in [0.25, 0.3) is 0 Å². The van der Waals surface area contributed by atoms with E-state index < -0.39 is 24.7 Å². The molecule has 4 saturated carbocycles. The van der Waals surface area contributed by atoms with Gasteiger partial charge in [-0.2, -0.15) is 0 Å². The fraction of sp³-hybridized carbons (Fsp3) is 0.583. The van der Waals surface area contributed by atoms with Crippen molar-refractivity contribution in [2.45, 2.75) is 81.1 Å². The van der Waals surface area contributed by atoms with Crippen molar-refractivity contribution < 1.29 is 32.5 Å². The largest absolute Gasteiger partial charge is 0.522 e. The Balaban J connectivity index is 1.03. The SMILES string of the molecule is O=C(CC12CC(c3cn(C4CC(OC(F)(F)F)C4)cn3)(C1)C2)[C@H]1C[C@@H](O)c2cc(Cl)ccc2O1. The summed E-state index contributed by atoms with van der Waals surface area (Å²) >= 11 is 6.00. The predicted octanol–water partition coefficient (Wildman–Crippen LogP) is 5.04. The molecule has 1 aliphatic heterocycles. The second-order valence-corrected chi connectivity index (χ2v) is 10.9. The second kappa shape index (κ2) is 7.45. The molecule has 7 rings (SSSR count). The van der Waals surface area contributed by atoms with Gasteiger partial charge in [-0.3, -0.25) is 9.53 Å². The highest BCUT2D eigenvalue weighted by Gasteiger charge is 2.69. The number of carbonyl (C=O) groups excluding carboxylic acids is 1. The molecule has 1 aromatic carbocycles. The van der Waals surface area contributed by atoms with E-state index in [-0.39, 0.29) is 29.1 Å². The van der Waals surface area contributed by atoms with E-state index >= 15 is 0 Å². The molecular formula is C24H24ClF3N2O4. The third kappa shape index (κ3) is 3.72. The standard InChI is InChI=1S/C24H24ClF3N2O4/c25-13-1-2-19-16(3-13)17(31)6-20(33-19)18(32)7-22-9-23(10-22,11-22)21-8-30(12-29-21)14-4-15(5-14)34-24(26,27)28/h1-3,8,12,14-15,17,20,31H,4-7,9-11H2/t14?,15?,17-,20-,22?,23?/m1/s1. The Morgan fingerprint density at radius 2 is 2.00 bits per heavy atom. The van der Waals surface area contributed by atoms with Crippen molar-refractivity contribution in [1.82, 2.24) is 9.55 Å². The number of carbonyl (C=O) groups is 1. The number of aliphatic hydroxyl groups excluding tert-OH is 1. The van der Waals surface area contributed by atoms with Crippen LogP contribution in [0.5, 0.6) is 5.75 Å². The fourth-order valence-corrected chi connectivity index (χ4v) is 6.61. The van der Waals surface area contributed by atoms with E-state index in [1.807, 2.05) is 10.8 Å². The number of ether oxygens (including phenoxy) is 2. The first kappa shape index (κ1) is 22.4. The lowest BCUT2D eigenvalue weighted by molar-refractivity contribution is -0.353. The second-order valence-electron chi connectivity index (χ2n) is 10.5. The number of benzene rings is 1. The van der Waals surface area contributed by atoms with Crippen LogP contribution in [0.1, 0.15) is 68.3 Å². The van der Waals surface area contributed by atoms with Crippen LogP contribution in [-0.2, 0) is 14.9 Å². The average Bonchev–Trinajstić information content (AvgIpc) is 3.14. The Morgan fingerprint density at radius 1 is 1.26 bits per heavy atom. The van der Waals surface area contributed by atoms with Crippen LogP contribution in [0.25, 0.3) is 0 Å². The molecule has 4 aliphatic carbocycles. The van der Waals surface area contributed by atoms with Crippen LogP contribution in [0, 0.1) is 5.41 Å². The minimum Gasteiger partial charge on any atom is -0.482 e. The lowest BCUT2D eigenvalue weighted by Crippen LogP contribution is -2.65. The topological polar surface area (TPSA) is 73.6 Å². The lowest BCUT2D eigenvalue weighted by Gasteiger charge is -2.70. The van der Waals surface area contributed by atoms with E-state index in [9.17, 15) is 23.1 Å². The van der Waals surface area contributed by atoms with Crippen LogP contribution < -0.4 is 4.74 Å². The zero-order valence-electron chi connectivity index (χ0n) is 18.2. The maximum atomic E-state index is 13.0. The summed E-state index contributed by atoms with van der Waals surface area (Å²) in [6, 6.07) is 5.01. The third-order valence-electron chi connectivity index (χ3n) is 8.02. The molecule has 1 aromatic heterocycles. The Labute approximate surface area is 199 Å². The number of hydrogen-bond acceptors (Lipinski definition) is 5. The van der Waals surface area contributed by atoms with Crippen molar-refractivity contribution in [2.24, 2.45) is 5.41 Å².